The first-order valence-corrected chi connectivity index (χ1v) is 11.6. The van der Waals surface area contributed by atoms with E-state index in [1.54, 1.807) is 23.1 Å². The fraction of sp³-hybridized carbons (Fsp3) is 0.440. The van der Waals surface area contributed by atoms with Crippen LogP contribution in [0, 0.1) is 17.7 Å². The molecule has 0 spiro atoms. The van der Waals surface area contributed by atoms with Crippen molar-refractivity contribution in [3.05, 3.63) is 60.2 Å². The van der Waals surface area contributed by atoms with Crippen LogP contribution in [0.25, 0.3) is 5.69 Å². The second-order valence-corrected chi connectivity index (χ2v) is 9.10. The van der Waals surface area contributed by atoms with Gasteiger partial charge in [-0.15, -0.1) is 5.10 Å². The number of aromatic nitrogens is 4. The number of likely N-dealkylation sites (N-methyl/N-ethyl adjacent to an activating group) is 1. The standard InChI is InChI=1S/C25H28FN5O3/c1-30(20-13-12-19(25(32)33-2)23(20)17-8-10-18(26)11-9-17)21-4-3-5-22(31-15-27-28-29-31)24(21)34-14-16-6-7-16/h3-5,8-11,15-16,19-20,23H,6-7,12-14H2,1-2H3/t19-,20-,23+/m0/s1. The number of hydrogen-bond donors (Lipinski definition) is 0. The molecule has 2 aromatic carbocycles. The van der Waals surface area contributed by atoms with Gasteiger partial charge in [-0.25, -0.2) is 4.39 Å². The third-order valence-corrected chi connectivity index (χ3v) is 6.99. The molecule has 9 heteroatoms. The maximum Gasteiger partial charge on any atom is 0.309 e. The van der Waals surface area contributed by atoms with Gasteiger partial charge in [0, 0.05) is 19.0 Å². The Bertz CT molecular complexity index is 1130. The van der Waals surface area contributed by atoms with Crippen molar-refractivity contribution in [2.45, 2.75) is 37.6 Å². The SMILES string of the molecule is COC(=O)[C@H]1CC[C@H](N(C)c2cccc(-n3cnnn3)c2OCC2CC2)[C@@H]1c1ccc(F)cc1. The van der Waals surface area contributed by atoms with Crippen LogP contribution in [-0.4, -0.2) is 53.0 Å². The zero-order valence-electron chi connectivity index (χ0n) is 19.3. The number of esters is 1. The average Bonchev–Trinajstić information content (AvgIpc) is 3.33. The summed E-state index contributed by atoms with van der Waals surface area (Å²) in [6.07, 6.45) is 5.38. The van der Waals surface area contributed by atoms with Crippen LogP contribution in [0.2, 0.25) is 0 Å². The second kappa shape index (κ2) is 9.40. The summed E-state index contributed by atoms with van der Waals surface area (Å²) < 4.78 is 26.7. The highest BCUT2D eigenvalue weighted by Gasteiger charge is 2.44. The number of benzene rings is 2. The number of methoxy groups -OCH3 is 1. The van der Waals surface area contributed by atoms with Crippen molar-refractivity contribution >= 4 is 11.7 Å². The van der Waals surface area contributed by atoms with Gasteiger partial charge in [-0.05, 0) is 71.9 Å². The quantitative estimate of drug-likeness (QED) is 0.469. The molecule has 0 aliphatic heterocycles. The molecule has 34 heavy (non-hydrogen) atoms. The molecule has 8 nitrogen and oxygen atoms in total. The number of carbonyl (C=O) groups excluding carboxylic acids is 1. The molecule has 0 radical (unpaired) electrons. The van der Waals surface area contributed by atoms with E-state index in [0.717, 1.165) is 23.4 Å². The van der Waals surface area contributed by atoms with Gasteiger partial charge in [0.15, 0.2) is 5.75 Å². The van der Waals surface area contributed by atoms with Crippen LogP contribution in [0.5, 0.6) is 5.75 Å². The van der Waals surface area contributed by atoms with Gasteiger partial charge in [0.05, 0.1) is 25.3 Å². The number of anilines is 1. The lowest BCUT2D eigenvalue weighted by Crippen LogP contribution is -2.37. The molecule has 0 saturated heterocycles. The molecule has 0 bridgehead atoms. The fourth-order valence-corrected chi connectivity index (χ4v) is 5.02. The van der Waals surface area contributed by atoms with Crippen molar-refractivity contribution in [3.8, 4) is 11.4 Å². The predicted octanol–water partition coefficient (Wildman–Crippen LogP) is 3.76. The van der Waals surface area contributed by atoms with Gasteiger partial charge >= 0.3 is 5.97 Å². The van der Waals surface area contributed by atoms with Gasteiger partial charge < -0.3 is 14.4 Å². The number of carbonyl (C=O) groups is 1. The lowest BCUT2D eigenvalue weighted by molar-refractivity contribution is -0.145. The summed E-state index contributed by atoms with van der Waals surface area (Å²) >= 11 is 0. The van der Waals surface area contributed by atoms with Crippen molar-refractivity contribution in [3.63, 3.8) is 0 Å². The largest absolute Gasteiger partial charge is 0.489 e. The van der Waals surface area contributed by atoms with E-state index in [9.17, 15) is 9.18 Å². The van der Waals surface area contributed by atoms with Crippen molar-refractivity contribution in [1.82, 2.24) is 20.2 Å². The van der Waals surface area contributed by atoms with Gasteiger partial charge in [0.25, 0.3) is 0 Å². The first kappa shape index (κ1) is 22.3. The highest BCUT2D eigenvalue weighted by Crippen LogP contribution is 2.46. The number of ether oxygens (including phenoxy) is 2. The molecule has 1 aromatic heterocycles. The molecule has 2 fully saturated rings. The molecule has 2 saturated carbocycles. The van der Waals surface area contributed by atoms with Crippen LogP contribution in [0.3, 0.4) is 0 Å². The molecular formula is C25H28FN5O3. The van der Waals surface area contributed by atoms with E-state index in [1.165, 1.54) is 32.1 Å². The first-order valence-electron chi connectivity index (χ1n) is 11.6. The summed E-state index contributed by atoms with van der Waals surface area (Å²) in [5, 5.41) is 11.6. The van der Waals surface area contributed by atoms with Crippen LogP contribution in [0.1, 0.15) is 37.2 Å². The average molecular weight is 466 g/mol. The van der Waals surface area contributed by atoms with E-state index in [0.29, 0.717) is 24.7 Å². The smallest absolute Gasteiger partial charge is 0.309 e. The van der Waals surface area contributed by atoms with Crippen LogP contribution >= 0.6 is 0 Å². The van der Waals surface area contributed by atoms with E-state index in [-0.39, 0.29) is 29.7 Å². The number of halogens is 1. The zero-order valence-corrected chi connectivity index (χ0v) is 19.3. The van der Waals surface area contributed by atoms with Crippen LogP contribution in [0.4, 0.5) is 10.1 Å². The molecule has 0 amide bonds. The van der Waals surface area contributed by atoms with Gasteiger partial charge in [0.1, 0.15) is 17.8 Å². The van der Waals surface area contributed by atoms with Crippen LogP contribution < -0.4 is 9.64 Å². The van der Waals surface area contributed by atoms with Crippen molar-refractivity contribution in [2.75, 3.05) is 25.7 Å². The van der Waals surface area contributed by atoms with Crippen LogP contribution in [-0.2, 0) is 9.53 Å². The minimum atomic E-state index is -0.304. The monoisotopic (exact) mass is 465 g/mol. The summed E-state index contributed by atoms with van der Waals surface area (Å²) in [5.74, 6) is 0.294. The number of tetrazole rings is 1. The third-order valence-electron chi connectivity index (χ3n) is 6.99. The van der Waals surface area contributed by atoms with E-state index in [1.807, 2.05) is 25.2 Å². The fourth-order valence-electron chi connectivity index (χ4n) is 5.02. The van der Waals surface area contributed by atoms with Gasteiger partial charge in [0.2, 0.25) is 0 Å². The second-order valence-electron chi connectivity index (χ2n) is 9.10. The lowest BCUT2D eigenvalue weighted by Gasteiger charge is -2.34. The Morgan fingerprint density at radius 1 is 1.15 bits per heavy atom. The topological polar surface area (TPSA) is 82.4 Å². The maximum atomic E-state index is 13.7. The number of hydrogen-bond acceptors (Lipinski definition) is 7. The number of rotatable bonds is 8. The Hall–Kier alpha value is -3.49. The molecule has 3 aromatic rings. The molecule has 178 valence electrons. The summed E-state index contributed by atoms with van der Waals surface area (Å²) in [5.41, 5.74) is 2.58. The molecule has 2 aliphatic carbocycles. The number of para-hydroxylation sites is 1. The lowest BCUT2D eigenvalue weighted by atomic mass is 9.86. The Morgan fingerprint density at radius 3 is 2.62 bits per heavy atom. The van der Waals surface area contributed by atoms with Crippen molar-refractivity contribution in [1.29, 1.82) is 0 Å². The van der Waals surface area contributed by atoms with Crippen molar-refractivity contribution < 1.29 is 18.7 Å². The Kier molecular flexibility index (Phi) is 6.17. The minimum Gasteiger partial charge on any atom is -0.489 e. The molecule has 0 unspecified atom stereocenters. The summed E-state index contributed by atoms with van der Waals surface area (Å²) in [7, 11) is 3.43. The molecule has 0 N–H and O–H groups in total. The molecule has 1 heterocycles. The third kappa shape index (κ3) is 4.34. The van der Waals surface area contributed by atoms with E-state index in [4.69, 9.17) is 9.47 Å². The summed E-state index contributed by atoms with van der Waals surface area (Å²) in [4.78, 5) is 14.8. The number of nitrogens with zero attached hydrogens (tertiary/aromatic N) is 5. The highest BCUT2D eigenvalue weighted by atomic mass is 19.1. The Balaban J connectivity index is 1.53. The molecule has 3 atom stereocenters. The minimum absolute atomic E-state index is 0.0121. The predicted molar refractivity (Wildman–Crippen MR) is 123 cm³/mol. The van der Waals surface area contributed by atoms with E-state index in [2.05, 4.69) is 20.4 Å². The molecule has 2 aliphatic rings. The Morgan fingerprint density at radius 2 is 1.94 bits per heavy atom. The van der Waals surface area contributed by atoms with Crippen molar-refractivity contribution in [2.24, 2.45) is 11.8 Å². The van der Waals surface area contributed by atoms with Gasteiger partial charge in [-0.2, -0.15) is 4.68 Å². The highest BCUT2D eigenvalue weighted by molar-refractivity contribution is 5.75. The Labute approximate surface area is 197 Å². The van der Waals surface area contributed by atoms with Crippen LogP contribution in [0.15, 0.2) is 48.8 Å². The molecular weight excluding hydrogens is 437 g/mol. The van der Waals surface area contributed by atoms with Gasteiger partial charge in [-0.3, -0.25) is 4.79 Å². The normalized spacial score (nSPS) is 21.9. The maximum absolute atomic E-state index is 13.7. The first-order chi connectivity index (χ1) is 16.6. The van der Waals surface area contributed by atoms with E-state index >= 15 is 0 Å². The summed E-state index contributed by atoms with van der Waals surface area (Å²) in [6, 6.07) is 12.3. The zero-order chi connectivity index (χ0) is 23.7. The van der Waals surface area contributed by atoms with E-state index < -0.39 is 0 Å². The molecule has 5 rings (SSSR count). The van der Waals surface area contributed by atoms with Gasteiger partial charge in [-0.1, -0.05) is 18.2 Å². The summed E-state index contributed by atoms with van der Waals surface area (Å²) in [6.45, 7) is 0.636.